The maximum atomic E-state index is 6.01. The molecule has 1 saturated carbocycles. The molecule has 1 fully saturated rings. The average molecular weight is 204 g/mol. The lowest BCUT2D eigenvalue weighted by Crippen LogP contribution is -2.18. The Morgan fingerprint density at radius 1 is 1.47 bits per heavy atom. The van der Waals surface area contributed by atoms with E-state index < -0.39 is 0 Å². The molecule has 3 rings (SSSR count). The van der Waals surface area contributed by atoms with E-state index in [9.17, 15) is 0 Å². The van der Waals surface area contributed by atoms with Crippen molar-refractivity contribution >= 4 is 11.1 Å². The molecule has 0 saturated heterocycles. The predicted molar refractivity (Wildman–Crippen MR) is 55.7 cm³/mol. The molecule has 0 atom stereocenters. The monoisotopic (exact) mass is 204 g/mol. The quantitative estimate of drug-likeness (QED) is 0.810. The van der Waals surface area contributed by atoms with Gasteiger partial charge >= 0.3 is 0 Å². The van der Waals surface area contributed by atoms with E-state index in [1.165, 1.54) is 0 Å². The topological polar surface area (TPSA) is 61.3 Å². The van der Waals surface area contributed by atoms with Crippen molar-refractivity contribution in [2.75, 3.05) is 7.11 Å². The summed E-state index contributed by atoms with van der Waals surface area (Å²) in [6, 6.07) is 5.57. The van der Waals surface area contributed by atoms with Crippen LogP contribution in [0.5, 0.6) is 5.75 Å². The molecular weight excluding hydrogens is 192 g/mol. The van der Waals surface area contributed by atoms with E-state index in [1.807, 2.05) is 18.2 Å². The third-order valence-corrected chi connectivity index (χ3v) is 2.81. The van der Waals surface area contributed by atoms with Crippen LogP contribution in [0.15, 0.2) is 22.6 Å². The number of aromatic nitrogens is 1. The Labute approximate surface area is 87.0 Å². The van der Waals surface area contributed by atoms with Crippen LogP contribution in [-0.2, 0) is 5.54 Å². The van der Waals surface area contributed by atoms with Gasteiger partial charge in [0, 0.05) is 6.07 Å². The molecule has 4 heteroatoms. The van der Waals surface area contributed by atoms with Crippen molar-refractivity contribution < 1.29 is 9.15 Å². The summed E-state index contributed by atoms with van der Waals surface area (Å²) in [6.07, 6.45) is 1.91. The van der Waals surface area contributed by atoms with Crippen LogP contribution in [0.2, 0.25) is 0 Å². The van der Waals surface area contributed by atoms with Gasteiger partial charge in [0.15, 0.2) is 5.58 Å². The van der Waals surface area contributed by atoms with Crippen LogP contribution < -0.4 is 10.5 Å². The molecule has 0 radical (unpaired) electrons. The van der Waals surface area contributed by atoms with Crippen LogP contribution in [0.4, 0.5) is 0 Å². The number of oxazole rings is 1. The van der Waals surface area contributed by atoms with Gasteiger partial charge in [-0.3, -0.25) is 0 Å². The molecule has 2 N–H and O–H groups in total. The van der Waals surface area contributed by atoms with E-state index in [0.717, 1.165) is 29.7 Å². The van der Waals surface area contributed by atoms with Gasteiger partial charge in [0.2, 0.25) is 5.89 Å². The summed E-state index contributed by atoms with van der Waals surface area (Å²) in [6.45, 7) is 0. The molecule has 2 aromatic rings. The zero-order valence-electron chi connectivity index (χ0n) is 8.49. The average Bonchev–Trinajstić information content (AvgIpc) is 2.85. The van der Waals surface area contributed by atoms with Crippen molar-refractivity contribution in [3.8, 4) is 5.75 Å². The number of methoxy groups -OCH3 is 1. The highest BCUT2D eigenvalue weighted by Gasteiger charge is 2.44. The van der Waals surface area contributed by atoms with E-state index in [0.29, 0.717) is 5.89 Å². The van der Waals surface area contributed by atoms with Crippen molar-refractivity contribution in [1.29, 1.82) is 0 Å². The van der Waals surface area contributed by atoms with Crippen molar-refractivity contribution in [1.82, 2.24) is 4.98 Å². The first-order valence-corrected chi connectivity index (χ1v) is 4.95. The van der Waals surface area contributed by atoms with Crippen molar-refractivity contribution in [2.24, 2.45) is 5.73 Å². The fourth-order valence-corrected chi connectivity index (χ4v) is 1.60. The lowest BCUT2D eigenvalue weighted by Gasteiger charge is -1.99. The van der Waals surface area contributed by atoms with Gasteiger partial charge in [-0.2, -0.15) is 0 Å². The van der Waals surface area contributed by atoms with Gasteiger partial charge in [-0.25, -0.2) is 4.98 Å². The number of rotatable bonds is 2. The second-order valence-corrected chi connectivity index (χ2v) is 4.01. The molecule has 0 spiro atoms. The van der Waals surface area contributed by atoms with Crippen LogP contribution in [0, 0.1) is 0 Å². The normalized spacial score (nSPS) is 18.0. The molecule has 4 nitrogen and oxygen atoms in total. The predicted octanol–water partition coefficient (Wildman–Crippen LogP) is 1.78. The second kappa shape index (κ2) is 2.73. The molecule has 0 aliphatic heterocycles. The van der Waals surface area contributed by atoms with Gasteiger partial charge < -0.3 is 14.9 Å². The SMILES string of the molecule is COc1ccc2oc(C3(N)CC3)nc2c1. The molecule has 0 unspecified atom stereocenters. The smallest absolute Gasteiger partial charge is 0.215 e. The van der Waals surface area contributed by atoms with Crippen molar-refractivity contribution in [2.45, 2.75) is 18.4 Å². The molecule has 1 aromatic heterocycles. The molecule has 0 bridgehead atoms. The van der Waals surface area contributed by atoms with Crippen LogP contribution in [0.3, 0.4) is 0 Å². The highest BCUT2D eigenvalue weighted by atomic mass is 16.5. The van der Waals surface area contributed by atoms with Crippen LogP contribution in [0.25, 0.3) is 11.1 Å². The Hall–Kier alpha value is -1.55. The maximum Gasteiger partial charge on any atom is 0.215 e. The molecule has 1 heterocycles. The molecule has 1 aliphatic rings. The number of hydrogen-bond acceptors (Lipinski definition) is 4. The Morgan fingerprint density at radius 2 is 2.27 bits per heavy atom. The van der Waals surface area contributed by atoms with E-state index in [-0.39, 0.29) is 5.54 Å². The van der Waals surface area contributed by atoms with Gasteiger partial charge in [0.1, 0.15) is 11.3 Å². The van der Waals surface area contributed by atoms with Crippen molar-refractivity contribution in [3.63, 3.8) is 0 Å². The lowest BCUT2D eigenvalue weighted by atomic mass is 10.3. The molecule has 78 valence electrons. The first kappa shape index (κ1) is 8.73. The summed E-state index contributed by atoms with van der Waals surface area (Å²) in [5.41, 5.74) is 7.27. The van der Waals surface area contributed by atoms with Crippen LogP contribution in [-0.4, -0.2) is 12.1 Å². The molecule has 1 aliphatic carbocycles. The summed E-state index contributed by atoms with van der Waals surface area (Å²) < 4.78 is 10.7. The summed E-state index contributed by atoms with van der Waals surface area (Å²) in [5, 5.41) is 0. The maximum absolute atomic E-state index is 6.01. The summed E-state index contributed by atoms with van der Waals surface area (Å²) in [4.78, 5) is 4.38. The van der Waals surface area contributed by atoms with Gasteiger partial charge in [-0.15, -0.1) is 0 Å². The van der Waals surface area contributed by atoms with Crippen molar-refractivity contribution in [3.05, 3.63) is 24.1 Å². The minimum atomic E-state index is -0.313. The van der Waals surface area contributed by atoms with E-state index in [4.69, 9.17) is 14.9 Å². The third kappa shape index (κ3) is 1.29. The molecule has 15 heavy (non-hydrogen) atoms. The second-order valence-electron chi connectivity index (χ2n) is 4.01. The molecule has 1 aromatic carbocycles. The number of nitrogens with zero attached hydrogens (tertiary/aromatic N) is 1. The number of hydrogen-bond donors (Lipinski definition) is 1. The minimum Gasteiger partial charge on any atom is -0.497 e. The Morgan fingerprint density at radius 3 is 2.93 bits per heavy atom. The number of benzene rings is 1. The van der Waals surface area contributed by atoms with Gasteiger partial charge in [-0.05, 0) is 25.0 Å². The van der Waals surface area contributed by atoms with Gasteiger partial charge in [-0.1, -0.05) is 0 Å². The fourth-order valence-electron chi connectivity index (χ4n) is 1.60. The first-order valence-electron chi connectivity index (χ1n) is 4.95. The van der Waals surface area contributed by atoms with E-state index >= 15 is 0 Å². The third-order valence-electron chi connectivity index (χ3n) is 2.81. The number of nitrogens with two attached hydrogens (primary N) is 1. The number of ether oxygens (including phenoxy) is 1. The van der Waals surface area contributed by atoms with Crippen LogP contribution in [0.1, 0.15) is 18.7 Å². The minimum absolute atomic E-state index is 0.313. The zero-order chi connectivity index (χ0) is 10.5. The Balaban J connectivity index is 2.13. The molecule has 0 amide bonds. The summed E-state index contributed by atoms with van der Waals surface area (Å²) >= 11 is 0. The van der Waals surface area contributed by atoms with Gasteiger partial charge in [0.05, 0.1) is 12.6 Å². The summed E-state index contributed by atoms with van der Waals surface area (Å²) in [5.74, 6) is 1.43. The lowest BCUT2D eigenvalue weighted by molar-refractivity contribution is 0.415. The largest absolute Gasteiger partial charge is 0.497 e. The van der Waals surface area contributed by atoms with E-state index in [1.54, 1.807) is 7.11 Å². The Bertz CT molecular complexity index is 514. The van der Waals surface area contributed by atoms with E-state index in [2.05, 4.69) is 4.98 Å². The summed E-state index contributed by atoms with van der Waals surface area (Å²) in [7, 11) is 1.63. The zero-order valence-corrected chi connectivity index (χ0v) is 8.49. The molecular formula is C11H12N2O2. The first-order chi connectivity index (χ1) is 7.21. The standard InChI is InChI=1S/C11H12N2O2/c1-14-7-2-3-9-8(6-7)13-10(15-9)11(12)4-5-11/h2-3,6H,4-5,12H2,1H3. The highest BCUT2D eigenvalue weighted by Crippen LogP contribution is 2.43. The number of fused-ring (bicyclic) bond motifs is 1. The Kier molecular flexibility index (Phi) is 1.59. The highest BCUT2D eigenvalue weighted by molar-refractivity contribution is 5.74. The van der Waals surface area contributed by atoms with Crippen LogP contribution >= 0.6 is 0 Å². The fraction of sp³-hybridized carbons (Fsp3) is 0.364. The van der Waals surface area contributed by atoms with Gasteiger partial charge in [0.25, 0.3) is 0 Å².